The standard InChI is InChI=1S/C22H16N2O2S/c25-22-21-16(11-12-24(22)19-10-5-13-27-19)20-17(23-21)8-4-9-18(20)26-14-15-6-2-1-3-7-15/h1-13,23H,14H2. The highest BCUT2D eigenvalue weighted by atomic mass is 32.1. The molecular formula is C22H16N2O2S. The Balaban J connectivity index is 1.63. The number of aromatic nitrogens is 2. The van der Waals surface area contributed by atoms with Gasteiger partial charge in [-0.1, -0.05) is 36.4 Å². The summed E-state index contributed by atoms with van der Waals surface area (Å²) in [7, 11) is 0. The molecular weight excluding hydrogens is 356 g/mol. The smallest absolute Gasteiger partial charge is 0.280 e. The van der Waals surface area contributed by atoms with E-state index in [1.54, 1.807) is 4.57 Å². The van der Waals surface area contributed by atoms with Crippen LogP contribution in [0.4, 0.5) is 0 Å². The Kier molecular flexibility index (Phi) is 3.80. The number of pyridine rings is 1. The van der Waals surface area contributed by atoms with Gasteiger partial charge in [-0.2, -0.15) is 0 Å². The van der Waals surface area contributed by atoms with Crippen LogP contribution in [0.1, 0.15) is 5.56 Å². The van der Waals surface area contributed by atoms with Gasteiger partial charge in [0, 0.05) is 17.0 Å². The maximum atomic E-state index is 13.0. The Labute approximate surface area is 159 Å². The Bertz CT molecular complexity index is 1280. The van der Waals surface area contributed by atoms with Gasteiger partial charge in [-0.05, 0) is 41.3 Å². The summed E-state index contributed by atoms with van der Waals surface area (Å²) in [4.78, 5) is 16.3. The summed E-state index contributed by atoms with van der Waals surface area (Å²) >= 11 is 1.54. The second-order valence-electron chi connectivity index (χ2n) is 6.31. The van der Waals surface area contributed by atoms with E-state index >= 15 is 0 Å². The van der Waals surface area contributed by atoms with Gasteiger partial charge in [0.15, 0.2) is 0 Å². The molecule has 3 heterocycles. The van der Waals surface area contributed by atoms with Crippen LogP contribution in [0.3, 0.4) is 0 Å². The van der Waals surface area contributed by atoms with E-state index in [0.717, 1.165) is 32.6 Å². The average molecular weight is 372 g/mol. The lowest BCUT2D eigenvalue weighted by Gasteiger charge is -2.08. The van der Waals surface area contributed by atoms with Crippen molar-refractivity contribution < 1.29 is 4.74 Å². The Morgan fingerprint density at radius 1 is 0.963 bits per heavy atom. The van der Waals surface area contributed by atoms with Crippen molar-refractivity contribution in [3.8, 4) is 10.8 Å². The van der Waals surface area contributed by atoms with Gasteiger partial charge in [0.1, 0.15) is 22.9 Å². The zero-order chi connectivity index (χ0) is 18.2. The summed E-state index contributed by atoms with van der Waals surface area (Å²) in [6, 6.07) is 21.8. The van der Waals surface area contributed by atoms with Crippen LogP contribution >= 0.6 is 11.3 Å². The Morgan fingerprint density at radius 3 is 2.67 bits per heavy atom. The molecule has 0 aliphatic heterocycles. The van der Waals surface area contributed by atoms with E-state index in [4.69, 9.17) is 4.74 Å². The number of hydrogen-bond donors (Lipinski definition) is 1. The second-order valence-corrected chi connectivity index (χ2v) is 7.23. The minimum Gasteiger partial charge on any atom is -0.488 e. The van der Waals surface area contributed by atoms with Crippen molar-refractivity contribution >= 4 is 33.1 Å². The lowest BCUT2D eigenvalue weighted by atomic mass is 10.1. The van der Waals surface area contributed by atoms with Crippen LogP contribution in [0, 0.1) is 0 Å². The fraction of sp³-hybridized carbons (Fsp3) is 0.0455. The molecule has 0 aliphatic rings. The molecule has 27 heavy (non-hydrogen) atoms. The highest BCUT2D eigenvalue weighted by molar-refractivity contribution is 7.12. The minimum absolute atomic E-state index is 0.0554. The van der Waals surface area contributed by atoms with E-state index in [1.165, 1.54) is 11.3 Å². The fourth-order valence-corrected chi connectivity index (χ4v) is 4.06. The summed E-state index contributed by atoms with van der Waals surface area (Å²) in [5.41, 5.74) is 2.54. The van der Waals surface area contributed by atoms with Crippen molar-refractivity contribution in [1.82, 2.24) is 9.55 Å². The number of fused-ring (bicyclic) bond motifs is 3. The molecule has 5 aromatic rings. The molecule has 0 radical (unpaired) electrons. The molecule has 0 fully saturated rings. The number of nitrogens with zero attached hydrogens (tertiary/aromatic N) is 1. The monoisotopic (exact) mass is 372 g/mol. The second kappa shape index (κ2) is 6.45. The van der Waals surface area contributed by atoms with Crippen LogP contribution in [-0.2, 0) is 6.61 Å². The highest BCUT2D eigenvalue weighted by Crippen LogP contribution is 2.32. The average Bonchev–Trinajstić information content (AvgIpc) is 3.36. The van der Waals surface area contributed by atoms with Crippen LogP contribution in [0.2, 0.25) is 0 Å². The van der Waals surface area contributed by atoms with E-state index in [0.29, 0.717) is 12.1 Å². The van der Waals surface area contributed by atoms with Crippen LogP contribution in [0.5, 0.6) is 5.75 Å². The molecule has 5 rings (SSSR count). The first-order chi connectivity index (χ1) is 13.3. The third kappa shape index (κ3) is 2.73. The van der Waals surface area contributed by atoms with E-state index in [-0.39, 0.29) is 5.56 Å². The van der Waals surface area contributed by atoms with Crippen molar-refractivity contribution in [2.45, 2.75) is 6.61 Å². The summed E-state index contributed by atoms with van der Waals surface area (Å²) in [6.07, 6.45) is 1.83. The lowest BCUT2D eigenvalue weighted by Crippen LogP contribution is -2.16. The number of ether oxygens (including phenoxy) is 1. The number of thiophene rings is 1. The van der Waals surface area contributed by atoms with Crippen LogP contribution in [0.15, 0.2) is 83.1 Å². The van der Waals surface area contributed by atoms with Gasteiger partial charge in [-0.25, -0.2) is 0 Å². The van der Waals surface area contributed by atoms with E-state index in [1.807, 2.05) is 78.3 Å². The van der Waals surface area contributed by atoms with Gasteiger partial charge in [-0.3, -0.25) is 9.36 Å². The SMILES string of the molecule is O=c1c2[nH]c3cccc(OCc4ccccc4)c3c2ccn1-c1cccs1. The highest BCUT2D eigenvalue weighted by Gasteiger charge is 2.14. The first-order valence-electron chi connectivity index (χ1n) is 8.68. The van der Waals surface area contributed by atoms with Crippen LogP contribution < -0.4 is 10.3 Å². The largest absolute Gasteiger partial charge is 0.488 e. The normalized spacial score (nSPS) is 11.3. The molecule has 0 spiro atoms. The molecule has 0 unspecified atom stereocenters. The third-order valence-corrected chi connectivity index (χ3v) is 5.50. The van der Waals surface area contributed by atoms with Gasteiger partial charge < -0.3 is 9.72 Å². The van der Waals surface area contributed by atoms with Crippen molar-refractivity contribution in [3.05, 3.63) is 94.2 Å². The molecule has 0 saturated carbocycles. The van der Waals surface area contributed by atoms with Crippen molar-refractivity contribution in [3.63, 3.8) is 0 Å². The quantitative estimate of drug-likeness (QED) is 0.476. The predicted octanol–water partition coefficient (Wildman–Crippen LogP) is 5.11. The fourth-order valence-electron chi connectivity index (χ4n) is 3.35. The summed E-state index contributed by atoms with van der Waals surface area (Å²) in [5.74, 6) is 0.774. The molecule has 2 aromatic carbocycles. The molecule has 3 aromatic heterocycles. The van der Waals surface area contributed by atoms with Crippen LogP contribution in [0.25, 0.3) is 26.8 Å². The number of nitrogens with one attached hydrogen (secondary N) is 1. The van der Waals surface area contributed by atoms with Crippen molar-refractivity contribution in [2.75, 3.05) is 0 Å². The zero-order valence-corrected chi connectivity index (χ0v) is 15.2. The maximum absolute atomic E-state index is 13.0. The van der Waals surface area contributed by atoms with Crippen LogP contribution in [-0.4, -0.2) is 9.55 Å². The van der Waals surface area contributed by atoms with Crippen molar-refractivity contribution in [1.29, 1.82) is 0 Å². The van der Waals surface area contributed by atoms with E-state index in [9.17, 15) is 4.79 Å². The molecule has 5 heteroatoms. The number of benzene rings is 2. The summed E-state index contributed by atoms with van der Waals surface area (Å²) in [6.45, 7) is 0.485. The third-order valence-electron chi connectivity index (χ3n) is 4.63. The molecule has 0 aliphatic carbocycles. The number of aromatic amines is 1. The Hall–Kier alpha value is -3.31. The van der Waals surface area contributed by atoms with Gasteiger partial charge >= 0.3 is 0 Å². The molecule has 0 amide bonds. The molecule has 0 saturated heterocycles. The minimum atomic E-state index is -0.0554. The number of hydrogen-bond acceptors (Lipinski definition) is 3. The summed E-state index contributed by atoms with van der Waals surface area (Å²) in [5, 5.41) is 4.69. The lowest BCUT2D eigenvalue weighted by molar-refractivity contribution is 0.310. The summed E-state index contributed by atoms with van der Waals surface area (Å²) < 4.78 is 7.76. The van der Waals surface area contributed by atoms with Gasteiger partial charge in [-0.15, -0.1) is 11.3 Å². The van der Waals surface area contributed by atoms with Gasteiger partial charge in [0.25, 0.3) is 5.56 Å². The van der Waals surface area contributed by atoms with E-state index < -0.39 is 0 Å². The predicted molar refractivity (Wildman–Crippen MR) is 110 cm³/mol. The topological polar surface area (TPSA) is 47.0 Å². The molecule has 0 bridgehead atoms. The molecule has 4 nitrogen and oxygen atoms in total. The maximum Gasteiger partial charge on any atom is 0.280 e. The molecule has 0 atom stereocenters. The van der Waals surface area contributed by atoms with Gasteiger partial charge in [0.2, 0.25) is 0 Å². The van der Waals surface area contributed by atoms with E-state index in [2.05, 4.69) is 4.98 Å². The van der Waals surface area contributed by atoms with Crippen molar-refractivity contribution in [2.24, 2.45) is 0 Å². The number of H-pyrrole nitrogens is 1. The first-order valence-corrected chi connectivity index (χ1v) is 9.56. The zero-order valence-electron chi connectivity index (χ0n) is 14.4. The number of rotatable bonds is 4. The Morgan fingerprint density at radius 2 is 1.85 bits per heavy atom. The van der Waals surface area contributed by atoms with Gasteiger partial charge in [0.05, 0.1) is 5.52 Å². The first kappa shape index (κ1) is 15.9. The molecule has 1 N–H and O–H groups in total. The molecule has 132 valence electrons.